The molecule has 0 heterocycles. The van der Waals surface area contributed by atoms with Crippen LogP contribution in [-0.2, 0) is 14.4 Å². The lowest BCUT2D eigenvalue weighted by molar-refractivity contribution is -0.147. The Labute approximate surface area is 111 Å². The van der Waals surface area contributed by atoms with Crippen molar-refractivity contribution < 1.29 is 24.6 Å². The second kappa shape index (κ2) is 7.08. The average Bonchev–Trinajstić information content (AvgIpc) is 2.52. The Morgan fingerprint density at radius 3 is 2.37 bits per heavy atom. The summed E-state index contributed by atoms with van der Waals surface area (Å²) in [6.07, 6.45) is 3.56. The maximum Gasteiger partial charge on any atom is 0.326 e. The van der Waals surface area contributed by atoms with E-state index >= 15 is 0 Å². The van der Waals surface area contributed by atoms with Crippen molar-refractivity contribution in [2.24, 2.45) is 11.7 Å². The van der Waals surface area contributed by atoms with Crippen molar-refractivity contribution in [3.05, 3.63) is 0 Å². The number of rotatable bonds is 5. The van der Waals surface area contributed by atoms with Crippen molar-refractivity contribution in [3.8, 4) is 0 Å². The number of carboxylic acids is 2. The number of carbonyl (C=O) groups excluding carboxylic acids is 1. The molecule has 108 valence electrons. The van der Waals surface area contributed by atoms with Crippen LogP contribution in [0.2, 0.25) is 0 Å². The monoisotopic (exact) mass is 272 g/mol. The topological polar surface area (TPSA) is 130 Å². The van der Waals surface area contributed by atoms with Gasteiger partial charge in [0, 0.05) is 6.04 Å². The van der Waals surface area contributed by atoms with E-state index in [-0.39, 0.29) is 6.04 Å². The van der Waals surface area contributed by atoms with Crippen LogP contribution in [0.15, 0.2) is 0 Å². The maximum atomic E-state index is 12.0. The van der Waals surface area contributed by atoms with Gasteiger partial charge < -0.3 is 21.3 Å². The molecule has 1 amide bonds. The Hall–Kier alpha value is -1.63. The van der Waals surface area contributed by atoms with E-state index in [4.69, 9.17) is 15.9 Å². The minimum absolute atomic E-state index is 0.290. The molecule has 1 fully saturated rings. The highest BCUT2D eigenvalue weighted by Crippen LogP contribution is 2.22. The Balaban J connectivity index is 2.64. The first-order valence-corrected chi connectivity index (χ1v) is 6.42. The summed E-state index contributed by atoms with van der Waals surface area (Å²) >= 11 is 0. The summed E-state index contributed by atoms with van der Waals surface area (Å²) in [5.74, 6) is -3.50. The highest BCUT2D eigenvalue weighted by Gasteiger charge is 2.31. The highest BCUT2D eigenvalue weighted by atomic mass is 16.4. The normalized spacial score (nSPS) is 25.1. The molecule has 0 aliphatic heterocycles. The molecular formula is C12H20N2O5. The molecule has 3 unspecified atom stereocenters. The molecule has 19 heavy (non-hydrogen) atoms. The van der Waals surface area contributed by atoms with Gasteiger partial charge in [-0.05, 0) is 12.8 Å². The third-order valence-electron chi connectivity index (χ3n) is 3.40. The van der Waals surface area contributed by atoms with Crippen molar-refractivity contribution in [2.75, 3.05) is 0 Å². The first-order chi connectivity index (χ1) is 8.91. The summed E-state index contributed by atoms with van der Waals surface area (Å²) in [4.78, 5) is 33.5. The summed E-state index contributed by atoms with van der Waals surface area (Å²) in [5, 5.41) is 19.8. The van der Waals surface area contributed by atoms with Gasteiger partial charge in [0.2, 0.25) is 5.91 Å². The van der Waals surface area contributed by atoms with E-state index in [1.54, 1.807) is 0 Å². The first kappa shape index (κ1) is 15.4. The van der Waals surface area contributed by atoms with Gasteiger partial charge in [-0.2, -0.15) is 0 Å². The number of carbonyl (C=O) groups is 3. The van der Waals surface area contributed by atoms with E-state index in [9.17, 15) is 14.4 Å². The van der Waals surface area contributed by atoms with Gasteiger partial charge in [0.15, 0.2) is 0 Å². The molecule has 5 N–H and O–H groups in total. The highest BCUT2D eigenvalue weighted by molar-refractivity contribution is 5.88. The molecule has 1 aliphatic carbocycles. The van der Waals surface area contributed by atoms with Crippen LogP contribution in [0.4, 0.5) is 0 Å². The predicted molar refractivity (Wildman–Crippen MR) is 66.4 cm³/mol. The molecule has 0 aromatic rings. The molecule has 3 atom stereocenters. The van der Waals surface area contributed by atoms with Crippen molar-refractivity contribution in [1.82, 2.24) is 5.32 Å². The molecule has 0 spiro atoms. The van der Waals surface area contributed by atoms with E-state index in [0.717, 1.165) is 25.7 Å². The molecule has 1 aliphatic rings. The SMILES string of the molecule is NC1CCCCCC1C(=O)NC(CC(=O)O)C(=O)O. The summed E-state index contributed by atoms with van der Waals surface area (Å²) in [5.41, 5.74) is 5.91. The van der Waals surface area contributed by atoms with Gasteiger partial charge in [-0.1, -0.05) is 19.3 Å². The Morgan fingerprint density at radius 1 is 1.16 bits per heavy atom. The Bertz CT molecular complexity index is 358. The summed E-state index contributed by atoms with van der Waals surface area (Å²) in [6.45, 7) is 0. The lowest BCUT2D eigenvalue weighted by atomic mass is 9.94. The van der Waals surface area contributed by atoms with Crippen LogP contribution in [0, 0.1) is 5.92 Å². The Kier molecular flexibility index (Phi) is 5.75. The van der Waals surface area contributed by atoms with Gasteiger partial charge in [-0.3, -0.25) is 9.59 Å². The third kappa shape index (κ3) is 4.86. The van der Waals surface area contributed by atoms with Crippen LogP contribution in [-0.4, -0.2) is 40.1 Å². The van der Waals surface area contributed by atoms with Gasteiger partial charge in [-0.15, -0.1) is 0 Å². The van der Waals surface area contributed by atoms with E-state index in [0.29, 0.717) is 6.42 Å². The number of aliphatic carboxylic acids is 2. The fourth-order valence-corrected chi connectivity index (χ4v) is 2.32. The number of hydrogen-bond acceptors (Lipinski definition) is 4. The van der Waals surface area contributed by atoms with E-state index in [1.807, 2.05) is 0 Å². The lowest BCUT2D eigenvalue weighted by Gasteiger charge is -2.22. The van der Waals surface area contributed by atoms with E-state index in [2.05, 4.69) is 5.32 Å². The lowest BCUT2D eigenvalue weighted by Crippen LogP contribution is -2.48. The molecule has 1 rings (SSSR count). The zero-order valence-corrected chi connectivity index (χ0v) is 10.7. The summed E-state index contributed by atoms with van der Waals surface area (Å²) in [6, 6.07) is -1.69. The molecule has 1 saturated carbocycles. The van der Waals surface area contributed by atoms with Crippen molar-refractivity contribution in [3.63, 3.8) is 0 Å². The number of carboxylic acid groups (broad SMARTS) is 2. The van der Waals surface area contributed by atoms with Gasteiger partial charge >= 0.3 is 11.9 Å². The fraction of sp³-hybridized carbons (Fsp3) is 0.750. The van der Waals surface area contributed by atoms with Crippen molar-refractivity contribution in [1.29, 1.82) is 0 Å². The summed E-state index contributed by atoms with van der Waals surface area (Å²) < 4.78 is 0. The number of amides is 1. The zero-order valence-electron chi connectivity index (χ0n) is 10.7. The first-order valence-electron chi connectivity index (χ1n) is 6.42. The van der Waals surface area contributed by atoms with Crippen LogP contribution >= 0.6 is 0 Å². The van der Waals surface area contributed by atoms with Gasteiger partial charge in [0.05, 0.1) is 12.3 Å². The summed E-state index contributed by atoms with van der Waals surface area (Å²) in [7, 11) is 0. The average molecular weight is 272 g/mol. The number of hydrogen-bond donors (Lipinski definition) is 4. The van der Waals surface area contributed by atoms with Gasteiger partial charge in [0.25, 0.3) is 0 Å². The van der Waals surface area contributed by atoms with Crippen LogP contribution in [0.5, 0.6) is 0 Å². The molecule has 0 radical (unpaired) electrons. The molecule has 0 saturated heterocycles. The van der Waals surface area contributed by atoms with Crippen molar-refractivity contribution >= 4 is 17.8 Å². The molecule has 7 nitrogen and oxygen atoms in total. The Morgan fingerprint density at radius 2 is 1.79 bits per heavy atom. The molecule has 7 heteroatoms. The van der Waals surface area contributed by atoms with Crippen LogP contribution < -0.4 is 11.1 Å². The largest absolute Gasteiger partial charge is 0.481 e. The van der Waals surface area contributed by atoms with Crippen LogP contribution in [0.25, 0.3) is 0 Å². The quantitative estimate of drug-likeness (QED) is 0.519. The minimum atomic E-state index is -1.40. The third-order valence-corrected chi connectivity index (χ3v) is 3.40. The molecular weight excluding hydrogens is 252 g/mol. The van der Waals surface area contributed by atoms with Crippen LogP contribution in [0.1, 0.15) is 38.5 Å². The predicted octanol–water partition coefficient (Wildman–Crippen LogP) is -0.0619. The maximum absolute atomic E-state index is 12.0. The van der Waals surface area contributed by atoms with Gasteiger partial charge in [-0.25, -0.2) is 4.79 Å². The molecule has 0 aromatic heterocycles. The number of nitrogens with two attached hydrogens (primary N) is 1. The van der Waals surface area contributed by atoms with Crippen molar-refractivity contribution in [2.45, 2.75) is 50.6 Å². The fourth-order valence-electron chi connectivity index (χ4n) is 2.32. The number of nitrogens with one attached hydrogen (secondary N) is 1. The zero-order chi connectivity index (χ0) is 14.4. The molecule has 0 aromatic carbocycles. The second-order valence-corrected chi connectivity index (χ2v) is 4.91. The minimum Gasteiger partial charge on any atom is -0.481 e. The van der Waals surface area contributed by atoms with Gasteiger partial charge in [0.1, 0.15) is 6.04 Å². The molecule has 0 bridgehead atoms. The standard InChI is InChI=1S/C12H20N2O5/c13-8-5-3-1-2-4-7(8)11(17)14-9(12(18)19)6-10(15)16/h7-9H,1-6,13H2,(H,14,17)(H,15,16)(H,18,19). The smallest absolute Gasteiger partial charge is 0.326 e. The van der Waals surface area contributed by atoms with E-state index < -0.39 is 36.2 Å². The van der Waals surface area contributed by atoms with Crippen LogP contribution in [0.3, 0.4) is 0 Å². The second-order valence-electron chi connectivity index (χ2n) is 4.91. The van der Waals surface area contributed by atoms with E-state index in [1.165, 1.54) is 0 Å².